The minimum atomic E-state index is -0.166. The molecule has 2 aromatic heterocycles. The number of hydrogen-bond donors (Lipinski definition) is 0. The molecule has 35 heavy (non-hydrogen) atoms. The number of aryl methyl sites for hydroxylation is 1. The van der Waals surface area contributed by atoms with Crippen LogP contribution in [-0.4, -0.2) is 22.8 Å². The zero-order valence-corrected chi connectivity index (χ0v) is 19.0. The van der Waals surface area contributed by atoms with Gasteiger partial charge in [-0.25, -0.2) is 4.98 Å². The van der Waals surface area contributed by atoms with Gasteiger partial charge in [0.05, 0.1) is 17.5 Å². The number of pyridine rings is 1. The van der Waals surface area contributed by atoms with Gasteiger partial charge in [0, 0.05) is 16.9 Å². The highest BCUT2D eigenvalue weighted by atomic mass is 16.7. The zero-order chi connectivity index (χ0) is 23.8. The quantitative estimate of drug-likeness (QED) is 0.329. The minimum absolute atomic E-state index is 0.166. The van der Waals surface area contributed by atoms with Gasteiger partial charge in [0.15, 0.2) is 11.5 Å². The lowest BCUT2D eigenvalue weighted by molar-refractivity contribution is 0.0986. The van der Waals surface area contributed by atoms with Gasteiger partial charge in [-0.2, -0.15) is 0 Å². The Kier molecular flexibility index (Phi) is 5.15. The fourth-order valence-corrected chi connectivity index (χ4v) is 4.28. The molecule has 7 nitrogen and oxygen atoms in total. The van der Waals surface area contributed by atoms with Gasteiger partial charge in [-0.1, -0.05) is 53.7 Å². The summed E-state index contributed by atoms with van der Waals surface area (Å²) < 4.78 is 16.6. The minimum Gasteiger partial charge on any atom is -0.454 e. The average Bonchev–Trinajstić information content (AvgIpc) is 3.54. The largest absolute Gasteiger partial charge is 0.454 e. The van der Waals surface area contributed by atoms with E-state index >= 15 is 0 Å². The maximum Gasteiger partial charge on any atom is 0.259 e. The Labute approximate surface area is 201 Å². The Balaban J connectivity index is 1.49. The summed E-state index contributed by atoms with van der Waals surface area (Å²) in [7, 11) is 0. The van der Waals surface area contributed by atoms with Crippen LogP contribution in [0.4, 0.5) is 5.69 Å². The average molecular weight is 463 g/mol. The van der Waals surface area contributed by atoms with E-state index in [1.165, 1.54) is 0 Å². The Morgan fingerprint density at radius 1 is 0.914 bits per heavy atom. The fourth-order valence-electron chi connectivity index (χ4n) is 4.28. The second-order valence-electron chi connectivity index (χ2n) is 8.30. The third kappa shape index (κ3) is 3.87. The van der Waals surface area contributed by atoms with E-state index in [0.29, 0.717) is 46.1 Å². The predicted molar refractivity (Wildman–Crippen MR) is 131 cm³/mol. The molecule has 172 valence electrons. The number of anilines is 1. The number of para-hydroxylation sites is 1. The van der Waals surface area contributed by atoms with Crippen molar-refractivity contribution in [3.8, 4) is 22.8 Å². The van der Waals surface area contributed by atoms with Crippen molar-refractivity contribution < 1.29 is 18.8 Å². The SMILES string of the molecule is Cc1cc(C(=O)N(Cc2ccccc2)c2ccccc2)c2c(-c3ccc4c(c3)OCO4)noc2n1. The first-order chi connectivity index (χ1) is 17.2. The van der Waals surface area contributed by atoms with Crippen LogP contribution in [0, 0.1) is 6.92 Å². The molecule has 6 rings (SSSR count). The molecule has 0 unspecified atom stereocenters. The van der Waals surface area contributed by atoms with E-state index in [0.717, 1.165) is 16.8 Å². The molecule has 5 aromatic rings. The number of ether oxygens (including phenoxy) is 2. The number of benzene rings is 3. The summed E-state index contributed by atoms with van der Waals surface area (Å²) in [6.45, 7) is 2.43. The van der Waals surface area contributed by atoms with Gasteiger partial charge in [0.2, 0.25) is 6.79 Å². The van der Waals surface area contributed by atoms with Crippen LogP contribution in [0.1, 0.15) is 21.6 Å². The standard InChI is InChI=1S/C28H21N3O4/c1-18-14-22(28(32)31(21-10-6-3-7-11-21)16-19-8-4-2-5-9-19)25-26(30-35-27(25)29-18)20-12-13-23-24(15-20)34-17-33-23/h2-15H,16-17H2,1H3. The fraction of sp³-hybridized carbons (Fsp3) is 0.107. The van der Waals surface area contributed by atoms with Crippen molar-refractivity contribution in [1.82, 2.24) is 10.1 Å². The molecular weight excluding hydrogens is 442 g/mol. The molecule has 0 radical (unpaired) electrons. The maximum absolute atomic E-state index is 14.2. The van der Waals surface area contributed by atoms with Crippen LogP contribution in [0.25, 0.3) is 22.4 Å². The van der Waals surface area contributed by atoms with E-state index < -0.39 is 0 Å². The molecule has 0 fully saturated rings. The summed E-state index contributed by atoms with van der Waals surface area (Å²) >= 11 is 0. The number of rotatable bonds is 5. The topological polar surface area (TPSA) is 77.7 Å². The van der Waals surface area contributed by atoms with Crippen LogP contribution in [0.3, 0.4) is 0 Å². The van der Waals surface area contributed by atoms with E-state index in [2.05, 4.69) is 10.1 Å². The van der Waals surface area contributed by atoms with Crippen molar-refractivity contribution >= 4 is 22.7 Å². The first-order valence-electron chi connectivity index (χ1n) is 11.3. The van der Waals surface area contributed by atoms with Crippen molar-refractivity contribution in [1.29, 1.82) is 0 Å². The number of nitrogens with zero attached hydrogens (tertiary/aromatic N) is 3. The normalized spacial score (nSPS) is 12.1. The second-order valence-corrected chi connectivity index (χ2v) is 8.30. The predicted octanol–water partition coefficient (Wildman–Crippen LogP) is 5.77. The molecule has 1 amide bonds. The number of amides is 1. The van der Waals surface area contributed by atoms with Crippen LogP contribution in [0.5, 0.6) is 11.5 Å². The number of fused-ring (bicyclic) bond motifs is 2. The molecule has 3 heterocycles. The number of carbonyl (C=O) groups excluding carboxylic acids is 1. The number of carbonyl (C=O) groups is 1. The van der Waals surface area contributed by atoms with Crippen LogP contribution in [0.15, 0.2) is 89.5 Å². The molecule has 1 aliphatic rings. The van der Waals surface area contributed by atoms with Crippen molar-refractivity contribution in [2.45, 2.75) is 13.5 Å². The Morgan fingerprint density at radius 3 is 2.46 bits per heavy atom. The van der Waals surface area contributed by atoms with Gasteiger partial charge in [0.25, 0.3) is 11.6 Å². The van der Waals surface area contributed by atoms with E-state index in [-0.39, 0.29) is 12.7 Å². The highest BCUT2D eigenvalue weighted by Gasteiger charge is 2.26. The smallest absolute Gasteiger partial charge is 0.259 e. The summed E-state index contributed by atoms with van der Waals surface area (Å²) in [5, 5.41) is 4.85. The molecule has 0 aliphatic carbocycles. The van der Waals surface area contributed by atoms with Gasteiger partial charge in [-0.15, -0.1) is 0 Å². The number of aromatic nitrogens is 2. The van der Waals surface area contributed by atoms with E-state index in [1.54, 1.807) is 11.0 Å². The second kappa shape index (κ2) is 8.61. The van der Waals surface area contributed by atoms with Crippen molar-refractivity contribution in [3.63, 3.8) is 0 Å². The maximum atomic E-state index is 14.2. The lowest BCUT2D eigenvalue weighted by atomic mass is 10.0. The summed E-state index contributed by atoms with van der Waals surface area (Å²) in [5.41, 5.74) is 4.55. The van der Waals surface area contributed by atoms with Crippen molar-refractivity contribution in [2.75, 3.05) is 11.7 Å². The van der Waals surface area contributed by atoms with Gasteiger partial charge in [-0.3, -0.25) is 4.79 Å². The molecule has 0 bridgehead atoms. The highest BCUT2D eigenvalue weighted by Crippen LogP contribution is 2.38. The van der Waals surface area contributed by atoms with Crippen LogP contribution in [-0.2, 0) is 6.54 Å². The van der Waals surface area contributed by atoms with Gasteiger partial charge >= 0.3 is 0 Å². The van der Waals surface area contributed by atoms with E-state index in [9.17, 15) is 4.79 Å². The molecule has 0 saturated carbocycles. The molecule has 1 aliphatic heterocycles. The number of hydrogen-bond acceptors (Lipinski definition) is 6. The first kappa shape index (κ1) is 20.9. The van der Waals surface area contributed by atoms with Crippen molar-refractivity contribution in [3.05, 3.63) is 102 Å². The van der Waals surface area contributed by atoms with E-state index in [1.807, 2.05) is 85.8 Å². The molecule has 0 spiro atoms. The molecule has 3 aromatic carbocycles. The van der Waals surface area contributed by atoms with Crippen LogP contribution < -0.4 is 14.4 Å². The molecule has 0 atom stereocenters. The summed E-state index contributed by atoms with van der Waals surface area (Å²) in [6, 6.07) is 26.9. The van der Waals surface area contributed by atoms with Gasteiger partial charge in [-0.05, 0) is 48.9 Å². The van der Waals surface area contributed by atoms with E-state index in [4.69, 9.17) is 14.0 Å². The summed E-state index contributed by atoms with van der Waals surface area (Å²) in [4.78, 5) is 20.4. The Hall–Kier alpha value is -4.65. The molecule has 0 saturated heterocycles. The highest BCUT2D eigenvalue weighted by molar-refractivity contribution is 6.15. The third-order valence-corrected chi connectivity index (χ3v) is 5.95. The molecule has 7 heteroatoms. The third-order valence-electron chi connectivity index (χ3n) is 5.95. The first-order valence-corrected chi connectivity index (χ1v) is 11.3. The summed E-state index contributed by atoms with van der Waals surface area (Å²) in [5.74, 6) is 1.13. The van der Waals surface area contributed by atoms with Gasteiger partial charge < -0.3 is 18.9 Å². The summed E-state index contributed by atoms with van der Waals surface area (Å²) in [6.07, 6.45) is 0. The Morgan fingerprint density at radius 2 is 1.66 bits per heavy atom. The molecule has 0 N–H and O–H groups in total. The molecular formula is C28H21N3O4. The van der Waals surface area contributed by atoms with Crippen molar-refractivity contribution in [2.24, 2.45) is 0 Å². The lowest BCUT2D eigenvalue weighted by Crippen LogP contribution is -2.30. The van der Waals surface area contributed by atoms with Crippen LogP contribution >= 0.6 is 0 Å². The Bertz CT molecular complexity index is 1530. The monoisotopic (exact) mass is 463 g/mol. The lowest BCUT2D eigenvalue weighted by Gasteiger charge is -2.23. The van der Waals surface area contributed by atoms with Crippen LogP contribution in [0.2, 0.25) is 0 Å². The van der Waals surface area contributed by atoms with Gasteiger partial charge in [0.1, 0.15) is 5.69 Å². The zero-order valence-electron chi connectivity index (χ0n) is 19.0.